The van der Waals surface area contributed by atoms with E-state index in [-0.39, 0.29) is 22.8 Å². The van der Waals surface area contributed by atoms with Gasteiger partial charge in [0, 0.05) is 30.3 Å². The first-order chi connectivity index (χ1) is 8.08. The molecule has 0 saturated heterocycles. The summed E-state index contributed by atoms with van der Waals surface area (Å²) in [7, 11) is 1.72. The van der Waals surface area contributed by atoms with Gasteiger partial charge in [-0.25, -0.2) is 4.39 Å². The summed E-state index contributed by atoms with van der Waals surface area (Å²) < 4.78 is 15.0. The first-order valence-electron chi connectivity index (χ1n) is 5.02. The molecule has 0 bridgehead atoms. The summed E-state index contributed by atoms with van der Waals surface area (Å²) >= 11 is 5.85. The van der Waals surface area contributed by atoms with Gasteiger partial charge in [-0.15, -0.1) is 0 Å². The molecule has 0 aliphatic carbocycles. The summed E-state index contributed by atoms with van der Waals surface area (Å²) in [5.41, 5.74) is 0.676. The minimum Gasteiger partial charge on any atom is -0.294 e. The van der Waals surface area contributed by atoms with Gasteiger partial charge in [0.05, 0.1) is 11.8 Å². The molecule has 88 valence electrons. The van der Waals surface area contributed by atoms with Crippen LogP contribution < -0.4 is 0 Å². The maximum absolute atomic E-state index is 13.5. The van der Waals surface area contributed by atoms with E-state index < -0.39 is 5.82 Å². The first-order valence-corrected chi connectivity index (χ1v) is 5.40. The third-order valence-corrected chi connectivity index (χ3v) is 2.78. The number of rotatable bonds is 3. The molecule has 2 rings (SSSR count). The molecule has 0 fully saturated rings. The molecule has 0 aliphatic rings. The van der Waals surface area contributed by atoms with Crippen molar-refractivity contribution in [2.24, 2.45) is 7.05 Å². The summed E-state index contributed by atoms with van der Waals surface area (Å²) in [6.07, 6.45) is 2.99. The Morgan fingerprint density at radius 2 is 2.29 bits per heavy atom. The van der Waals surface area contributed by atoms with Crippen molar-refractivity contribution in [2.75, 3.05) is 0 Å². The molecule has 17 heavy (non-hydrogen) atoms. The van der Waals surface area contributed by atoms with Gasteiger partial charge in [-0.05, 0) is 12.1 Å². The second-order valence-electron chi connectivity index (χ2n) is 3.70. The number of carbonyl (C=O) groups is 1. The smallest absolute Gasteiger partial charge is 0.170 e. The molecule has 1 heterocycles. The van der Waals surface area contributed by atoms with E-state index in [1.165, 1.54) is 23.0 Å². The molecule has 1 aromatic heterocycles. The number of aryl methyl sites for hydroxylation is 1. The monoisotopic (exact) mass is 252 g/mol. The highest BCUT2D eigenvalue weighted by Crippen LogP contribution is 2.20. The summed E-state index contributed by atoms with van der Waals surface area (Å²) in [5.74, 6) is -0.667. The number of hydrogen-bond acceptors (Lipinski definition) is 2. The van der Waals surface area contributed by atoms with Crippen LogP contribution in [0.3, 0.4) is 0 Å². The van der Waals surface area contributed by atoms with Gasteiger partial charge in [0.1, 0.15) is 5.82 Å². The summed E-state index contributed by atoms with van der Waals surface area (Å²) in [6.45, 7) is 0. The molecule has 0 aliphatic heterocycles. The average molecular weight is 253 g/mol. The number of hydrogen-bond donors (Lipinski definition) is 0. The minimum atomic E-state index is -0.463. The van der Waals surface area contributed by atoms with Crippen LogP contribution in [0.4, 0.5) is 4.39 Å². The predicted octanol–water partition coefficient (Wildman–Crippen LogP) is 2.64. The van der Waals surface area contributed by atoms with Crippen LogP contribution in [0.1, 0.15) is 15.9 Å². The third-order valence-electron chi connectivity index (χ3n) is 2.43. The SMILES string of the molecule is Cn1cc(C(=O)Cc2c(F)cccc2Cl)cn1. The van der Waals surface area contributed by atoms with Crippen LogP contribution in [0.25, 0.3) is 0 Å². The maximum Gasteiger partial charge on any atom is 0.170 e. The van der Waals surface area contributed by atoms with Crippen molar-refractivity contribution in [2.45, 2.75) is 6.42 Å². The number of nitrogens with zero attached hydrogens (tertiary/aromatic N) is 2. The fourth-order valence-electron chi connectivity index (χ4n) is 1.53. The van der Waals surface area contributed by atoms with Crippen LogP contribution in [-0.2, 0) is 13.5 Å². The van der Waals surface area contributed by atoms with E-state index in [1.54, 1.807) is 19.3 Å². The zero-order valence-electron chi connectivity index (χ0n) is 9.15. The average Bonchev–Trinajstić information content (AvgIpc) is 2.70. The van der Waals surface area contributed by atoms with Gasteiger partial charge in [-0.3, -0.25) is 9.48 Å². The van der Waals surface area contributed by atoms with E-state index in [2.05, 4.69) is 5.10 Å². The Labute approximate surface area is 103 Å². The number of benzene rings is 1. The fourth-order valence-corrected chi connectivity index (χ4v) is 1.76. The maximum atomic E-state index is 13.5. The fraction of sp³-hybridized carbons (Fsp3) is 0.167. The van der Waals surface area contributed by atoms with Crippen molar-refractivity contribution in [1.29, 1.82) is 0 Å². The molecular weight excluding hydrogens is 243 g/mol. The molecule has 0 N–H and O–H groups in total. The summed E-state index contributed by atoms with van der Waals surface area (Å²) in [6, 6.07) is 4.37. The highest BCUT2D eigenvalue weighted by atomic mass is 35.5. The van der Waals surface area contributed by atoms with E-state index in [4.69, 9.17) is 11.6 Å². The van der Waals surface area contributed by atoms with E-state index in [0.29, 0.717) is 5.56 Å². The molecule has 5 heteroatoms. The van der Waals surface area contributed by atoms with Gasteiger partial charge in [0.25, 0.3) is 0 Å². The molecule has 0 unspecified atom stereocenters. The van der Waals surface area contributed by atoms with Crippen molar-refractivity contribution < 1.29 is 9.18 Å². The Kier molecular flexibility index (Phi) is 3.24. The lowest BCUT2D eigenvalue weighted by Crippen LogP contribution is -2.05. The Morgan fingerprint density at radius 1 is 1.53 bits per heavy atom. The van der Waals surface area contributed by atoms with Crippen molar-refractivity contribution in [1.82, 2.24) is 9.78 Å². The number of aromatic nitrogens is 2. The Balaban J connectivity index is 2.24. The van der Waals surface area contributed by atoms with Crippen LogP contribution in [0, 0.1) is 5.82 Å². The van der Waals surface area contributed by atoms with Gasteiger partial charge in [-0.1, -0.05) is 17.7 Å². The number of ketones is 1. The summed E-state index contributed by atoms with van der Waals surface area (Å²) in [4.78, 5) is 11.9. The van der Waals surface area contributed by atoms with E-state index in [1.807, 2.05) is 0 Å². The van der Waals surface area contributed by atoms with Gasteiger partial charge >= 0.3 is 0 Å². The number of carbonyl (C=O) groups excluding carboxylic acids is 1. The zero-order chi connectivity index (χ0) is 12.4. The zero-order valence-corrected chi connectivity index (χ0v) is 9.91. The number of halogens is 2. The first kappa shape index (κ1) is 11.8. The van der Waals surface area contributed by atoms with Gasteiger partial charge in [0.15, 0.2) is 5.78 Å². The number of Topliss-reactive ketones (excluding diaryl/α,β-unsaturated/α-hetero) is 1. The van der Waals surface area contributed by atoms with Crippen molar-refractivity contribution in [3.05, 3.63) is 52.6 Å². The molecule has 0 spiro atoms. The molecule has 0 radical (unpaired) electrons. The normalized spacial score (nSPS) is 10.5. The molecule has 0 saturated carbocycles. The standard InChI is InChI=1S/C12H10ClFN2O/c1-16-7-8(6-15-16)12(17)5-9-10(13)3-2-4-11(9)14/h2-4,6-7H,5H2,1H3. The van der Waals surface area contributed by atoms with Crippen LogP contribution >= 0.6 is 11.6 Å². The highest BCUT2D eigenvalue weighted by molar-refractivity contribution is 6.31. The lowest BCUT2D eigenvalue weighted by molar-refractivity contribution is 0.0991. The Hall–Kier alpha value is -1.68. The van der Waals surface area contributed by atoms with Crippen LogP contribution in [0.2, 0.25) is 5.02 Å². The van der Waals surface area contributed by atoms with E-state index in [9.17, 15) is 9.18 Å². The molecular formula is C12H10ClFN2O. The van der Waals surface area contributed by atoms with E-state index >= 15 is 0 Å². The molecule has 1 aromatic carbocycles. The molecule has 0 amide bonds. The van der Waals surface area contributed by atoms with Gasteiger partial charge < -0.3 is 0 Å². The van der Waals surface area contributed by atoms with Crippen molar-refractivity contribution >= 4 is 17.4 Å². The topological polar surface area (TPSA) is 34.9 Å². The van der Waals surface area contributed by atoms with Crippen LogP contribution in [0.5, 0.6) is 0 Å². The quantitative estimate of drug-likeness (QED) is 0.787. The molecule has 0 atom stereocenters. The largest absolute Gasteiger partial charge is 0.294 e. The molecule has 3 nitrogen and oxygen atoms in total. The summed E-state index contributed by atoms with van der Waals surface area (Å²) in [5, 5.41) is 4.16. The van der Waals surface area contributed by atoms with Gasteiger partial charge in [-0.2, -0.15) is 5.10 Å². The second kappa shape index (κ2) is 4.67. The molecule has 2 aromatic rings. The third kappa shape index (κ3) is 2.53. The highest BCUT2D eigenvalue weighted by Gasteiger charge is 2.14. The minimum absolute atomic E-state index is 0.0583. The lowest BCUT2D eigenvalue weighted by Gasteiger charge is -2.03. The Morgan fingerprint density at radius 3 is 2.88 bits per heavy atom. The van der Waals surface area contributed by atoms with E-state index in [0.717, 1.165) is 0 Å². The van der Waals surface area contributed by atoms with Gasteiger partial charge in [0.2, 0.25) is 0 Å². The second-order valence-corrected chi connectivity index (χ2v) is 4.11. The van der Waals surface area contributed by atoms with Crippen molar-refractivity contribution in [3.63, 3.8) is 0 Å². The van der Waals surface area contributed by atoms with Crippen molar-refractivity contribution in [3.8, 4) is 0 Å². The lowest BCUT2D eigenvalue weighted by atomic mass is 10.1. The predicted molar refractivity (Wildman–Crippen MR) is 62.7 cm³/mol. The Bertz CT molecular complexity index is 545. The van der Waals surface area contributed by atoms with Crippen LogP contribution in [-0.4, -0.2) is 15.6 Å². The van der Waals surface area contributed by atoms with Crippen LogP contribution in [0.15, 0.2) is 30.6 Å².